The summed E-state index contributed by atoms with van der Waals surface area (Å²) in [5.74, 6) is 0. The number of alkyl halides is 1. The van der Waals surface area contributed by atoms with E-state index in [4.69, 9.17) is 21.4 Å². The molecule has 1 aliphatic rings. The van der Waals surface area contributed by atoms with Crippen LogP contribution >= 0.6 is 11.6 Å². The molecule has 5 atom stereocenters. The number of rotatable bonds is 3. The molecule has 1 aromatic heterocycles. The minimum Gasteiger partial charge on any atom is -0.394 e. The molecule has 0 aliphatic carbocycles. The quantitative estimate of drug-likeness (QED) is 0.501. The number of aromatic nitrogens is 2. The summed E-state index contributed by atoms with van der Waals surface area (Å²) in [5.41, 5.74) is -0.146. The van der Waals surface area contributed by atoms with E-state index in [-0.39, 0.29) is 11.3 Å². The Balaban J connectivity index is 2.19. The summed E-state index contributed by atoms with van der Waals surface area (Å²) in [6.07, 6.45) is -3.11. The second-order valence-electron chi connectivity index (χ2n) is 4.04. The third-order valence-electron chi connectivity index (χ3n) is 2.85. The lowest BCUT2D eigenvalue weighted by Crippen LogP contribution is -2.35. The lowest BCUT2D eigenvalue weighted by molar-refractivity contribution is -0.0232. The first-order chi connectivity index (χ1) is 8.54. The maximum atomic E-state index is 11.1. The van der Waals surface area contributed by atoms with Gasteiger partial charge in [0, 0.05) is 6.07 Å². The molecule has 1 aliphatic heterocycles. The summed E-state index contributed by atoms with van der Waals surface area (Å²) in [4.78, 5) is 17.3. The lowest BCUT2D eigenvalue weighted by atomic mass is 10.0. The van der Waals surface area contributed by atoms with E-state index in [9.17, 15) is 15.0 Å². The van der Waals surface area contributed by atoms with Crippen molar-refractivity contribution in [2.24, 2.45) is 0 Å². The number of hydrogen-bond donors (Lipinski definition) is 4. The number of ether oxygens (including phenoxy) is 1. The molecule has 5 unspecified atom stereocenters. The molecule has 0 aromatic carbocycles. The molecule has 0 amide bonds. The first-order valence-corrected chi connectivity index (χ1v) is 5.79. The van der Waals surface area contributed by atoms with Crippen LogP contribution in [0.2, 0.25) is 0 Å². The highest BCUT2D eigenvalue weighted by atomic mass is 35.5. The van der Waals surface area contributed by atoms with Crippen LogP contribution in [0.5, 0.6) is 0 Å². The first kappa shape index (κ1) is 13.4. The van der Waals surface area contributed by atoms with E-state index >= 15 is 0 Å². The van der Waals surface area contributed by atoms with Gasteiger partial charge in [-0.2, -0.15) is 0 Å². The fourth-order valence-electron chi connectivity index (χ4n) is 1.87. The second-order valence-corrected chi connectivity index (χ2v) is 4.51. The number of aliphatic hydroxyl groups excluding tert-OH is 3. The number of nitrogens with one attached hydrogen (secondary N) is 1. The summed E-state index contributed by atoms with van der Waals surface area (Å²) < 4.78 is 5.26. The highest BCUT2D eigenvalue weighted by molar-refractivity contribution is 6.21. The summed E-state index contributed by atoms with van der Waals surface area (Å²) in [6, 6.07) is 1.19. The van der Waals surface area contributed by atoms with Crippen LogP contribution in [-0.4, -0.2) is 56.3 Å². The molecular formula is C10H13ClN2O5. The van der Waals surface area contributed by atoms with E-state index in [1.165, 1.54) is 12.4 Å². The predicted molar refractivity (Wildman–Crippen MR) is 61.2 cm³/mol. The van der Waals surface area contributed by atoms with E-state index in [1.807, 2.05) is 0 Å². The van der Waals surface area contributed by atoms with Gasteiger partial charge in [0.05, 0.1) is 18.6 Å². The van der Waals surface area contributed by atoms with Gasteiger partial charge < -0.3 is 25.0 Å². The Morgan fingerprint density at radius 3 is 2.78 bits per heavy atom. The Bertz CT molecular complexity index is 468. The van der Waals surface area contributed by atoms with Gasteiger partial charge in [-0.1, -0.05) is 0 Å². The van der Waals surface area contributed by atoms with Crippen molar-refractivity contribution in [2.45, 2.75) is 29.8 Å². The minimum absolute atomic E-state index is 0.232. The van der Waals surface area contributed by atoms with Gasteiger partial charge in [0.2, 0.25) is 0 Å². The smallest absolute Gasteiger partial charge is 0.250 e. The van der Waals surface area contributed by atoms with Crippen molar-refractivity contribution >= 4 is 11.6 Å². The second kappa shape index (κ2) is 5.33. The van der Waals surface area contributed by atoms with Gasteiger partial charge in [-0.15, -0.1) is 11.6 Å². The van der Waals surface area contributed by atoms with Crippen LogP contribution in [-0.2, 0) is 4.74 Å². The molecule has 4 N–H and O–H groups in total. The van der Waals surface area contributed by atoms with E-state index in [1.54, 1.807) is 0 Å². The lowest BCUT2D eigenvalue weighted by Gasteiger charge is -2.19. The number of aromatic amines is 1. The number of nitrogens with zero attached hydrogens (tertiary/aromatic N) is 1. The fraction of sp³-hybridized carbons (Fsp3) is 0.600. The van der Waals surface area contributed by atoms with Gasteiger partial charge >= 0.3 is 0 Å². The minimum atomic E-state index is -1.24. The molecule has 2 heterocycles. The molecule has 8 heteroatoms. The standard InChI is InChI=1S/C10H13ClN2O5/c11-7(4-1-6(15)13-3-12-4)10-9(17)8(16)5(2-14)18-10/h1,3,5,7-10,14,16-17H,2H2,(H,12,13,15). The monoisotopic (exact) mass is 276 g/mol. The Kier molecular flexibility index (Phi) is 3.98. The van der Waals surface area contributed by atoms with Crippen LogP contribution in [0, 0.1) is 0 Å². The number of hydrogen-bond acceptors (Lipinski definition) is 6. The van der Waals surface area contributed by atoms with Crippen LogP contribution in [0.1, 0.15) is 11.1 Å². The Morgan fingerprint density at radius 1 is 1.50 bits per heavy atom. The van der Waals surface area contributed by atoms with Crippen LogP contribution < -0.4 is 5.56 Å². The van der Waals surface area contributed by atoms with Gasteiger partial charge in [-0.3, -0.25) is 4.79 Å². The SMILES string of the molecule is O=c1cc(C(Cl)C2OC(CO)C(O)C2O)nc[nH]1. The molecule has 0 spiro atoms. The largest absolute Gasteiger partial charge is 0.394 e. The van der Waals surface area contributed by atoms with Crippen molar-refractivity contribution < 1.29 is 20.1 Å². The third kappa shape index (κ3) is 2.40. The van der Waals surface area contributed by atoms with E-state index in [2.05, 4.69) is 9.97 Å². The Morgan fingerprint density at radius 2 is 2.22 bits per heavy atom. The summed E-state index contributed by atoms with van der Waals surface area (Å²) in [5, 5.41) is 27.4. The number of aliphatic hydroxyl groups is 3. The molecule has 2 rings (SSSR count). The van der Waals surface area contributed by atoms with Crippen LogP contribution in [0.3, 0.4) is 0 Å². The van der Waals surface area contributed by atoms with E-state index in [0.29, 0.717) is 0 Å². The van der Waals surface area contributed by atoms with Crippen LogP contribution in [0.15, 0.2) is 17.2 Å². The van der Waals surface area contributed by atoms with Gasteiger partial charge in [0.25, 0.3) is 5.56 Å². The average molecular weight is 277 g/mol. The molecular weight excluding hydrogens is 264 g/mol. The number of halogens is 1. The maximum absolute atomic E-state index is 11.1. The van der Waals surface area contributed by atoms with Gasteiger partial charge in [-0.05, 0) is 0 Å². The Labute approximate surface area is 107 Å². The van der Waals surface area contributed by atoms with Crippen LogP contribution in [0.25, 0.3) is 0 Å². The van der Waals surface area contributed by atoms with E-state index in [0.717, 1.165) is 0 Å². The number of H-pyrrole nitrogens is 1. The maximum Gasteiger partial charge on any atom is 0.250 e. The topological polar surface area (TPSA) is 116 Å². The van der Waals surface area contributed by atoms with Crippen molar-refractivity contribution in [3.8, 4) is 0 Å². The zero-order valence-corrected chi connectivity index (χ0v) is 9.99. The van der Waals surface area contributed by atoms with Crippen molar-refractivity contribution in [2.75, 3.05) is 6.61 Å². The molecule has 100 valence electrons. The molecule has 0 bridgehead atoms. The summed E-state index contributed by atoms with van der Waals surface area (Å²) in [6.45, 7) is -0.429. The van der Waals surface area contributed by atoms with Gasteiger partial charge in [-0.25, -0.2) is 4.98 Å². The molecule has 0 saturated carbocycles. The van der Waals surface area contributed by atoms with E-state index < -0.39 is 36.4 Å². The van der Waals surface area contributed by atoms with Crippen molar-refractivity contribution in [1.82, 2.24) is 9.97 Å². The molecule has 0 radical (unpaired) electrons. The zero-order valence-electron chi connectivity index (χ0n) is 9.23. The van der Waals surface area contributed by atoms with Crippen LogP contribution in [0.4, 0.5) is 0 Å². The fourth-order valence-corrected chi connectivity index (χ4v) is 2.20. The van der Waals surface area contributed by atoms with Crippen molar-refractivity contribution in [3.05, 3.63) is 28.4 Å². The first-order valence-electron chi connectivity index (χ1n) is 5.35. The zero-order chi connectivity index (χ0) is 13.3. The van der Waals surface area contributed by atoms with Crippen molar-refractivity contribution in [1.29, 1.82) is 0 Å². The predicted octanol–water partition coefficient (Wildman–Crippen LogP) is -1.47. The average Bonchev–Trinajstić information content (AvgIpc) is 2.65. The molecule has 7 nitrogen and oxygen atoms in total. The normalized spacial score (nSPS) is 33.6. The Hall–Kier alpha value is -0.990. The summed E-state index contributed by atoms with van der Waals surface area (Å²) >= 11 is 6.07. The highest BCUT2D eigenvalue weighted by Crippen LogP contribution is 2.33. The van der Waals surface area contributed by atoms with Crippen molar-refractivity contribution in [3.63, 3.8) is 0 Å². The van der Waals surface area contributed by atoms with Gasteiger partial charge in [0.1, 0.15) is 29.8 Å². The summed E-state index contributed by atoms with van der Waals surface area (Å²) in [7, 11) is 0. The highest BCUT2D eigenvalue weighted by Gasteiger charge is 2.46. The molecule has 1 aromatic rings. The molecule has 1 fully saturated rings. The molecule has 18 heavy (non-hydrogen) atoms. The third-order valence-corrected chi connectivity index (χ3v) is 3.32. The van der Waals surface area contributed by atoms with Gasteiger partial charge in [0.15, 0.2) is 0 Å². The molecule has 1 saturated heterocycles.